The van der Waals surface area contributed by atoms with Gasteiger partial charge in [-0.3, -0.25) is 4.57 Å². The van der Waals surface area contributed by atoms with E-state index in [9.17, 15) is 17.7 Å². The summed E-state index contributed by atoms with van der Waals surface area (Å²) in [6.45, 7) is 2.97. The smallest absolute Gasteiger partial charge is 0.305 e. The van der Waals surface area contributed by atoms with Crippen LogP contribution in [-0.2, 0) is 19.8 Å². The molecule has 2 aromatic heterocycles. The van der Waals surface area contributed by atoms with Crippen molar-refractivity contribution in [1.82, 2.24) is 9.61 Å². The number of hydrogen-bond donors (Lipinski definition) is 0. The normalized spacial score (nSPS) is 13.0. The maximum absolute atomic E-state index is 13.6. The summed E-state index contributed by atoms with van der Waals surface area (Å²) in [6, 6.07) is 8.51. The van der Waals surface area contributed by atoms with Gasteiger partial charge in [0.1, 0.15) is 5.30 Å². The van der Waals surface area contributed by atoms with Crippen LogP contribution in [0.25, 0.3) is 16.3 Å². The Morgan fingerprint density at radius 3 is 2.36 bits per heavy atom. The molecule has 0 saturated heterocycles. The molecule has 0 spiro atoms. The molecule has 0 amide bonds. The molecule has 0 aliphatic rings. The number of pyridine rings is 1. The Hall–Kier alpha value is -1.89. The molecule has 0 bridgehead atoms. The standard InChI is InChI=1S/C16H16F3N2O3P/c1-3-23-25(22,24-4-2)14-13-12-8-6-5-7-11(12)9-10-21(13)20-15(14)16(17,18)19/h5-10H,3-4H2,1-2H3. The van der Waals surface area contributed by atoms with Crippen molar-refractivity contribution in [3.63, 3.8) is 0 Å². The zero-order valence-electron chi connectivity index (χ0n) is 13.6. The summed E-state index contributed by atoms with van der Waals surface area (Å²) in [5.74, 6) is 0. The highest BCUT2D eigenvalue weighted by atomic mass is 31.2. The molecule has 3 rings (SSSR count). The second kappa shape index (κ2) is 6.44. The van der Waals surface area contributed by atoms with Gasteiger partial charge in [0.25, 0.3) is 0 Å². The summed E-state index contributed by atoms with van der Waals surface area (Å²) >= 11 is 0. The van der Waals surface area contributed by atoms with E-state index in [1.54, 1.807) is 44.2 Å². The fraction of sp³-hybridized carbons (Fsp3) is 0.312. The van der Waals surface area contributed by atoms with Gasteiger partial charge in [-0.25, -0.2) is 4.52 Å². The van der Waals surface area contributed by atoms with Gasteiger partial charge in [-0.15, -0.1) is 0 Å². The first kappa shape index (κ1) is 17.9. The van der Waals surface area contributed by atoms with E-state index >= 15 is 0 Å². The molecule has 0 unspecified atom stereocenters. The molecule has 3 aromatic rings. The molecular weight excluding hydrogens is 356 g/mol. The maximum atomic E-state index is 13.6. The van der Waals surface area contributed by atoms with E-state index < -0.39 is 24.8 Å². The topological polar surface area (TPSA) is 52.8 Å². The second-order valence-electron chi connectivity index (χ2n) is 5.22. The van der Waals surface area contributed by atoms with Gasteiger partial charge >= 0.3 is 13.8 Å². The van der Waals surface area contributed by atoms with Crippen LogP contribution in [0.15, 0.2) is 36.5 Å². The van der Waals surface area contributed by atoms with E-state index in [1.165, 1.54) is 6.20 Å². The molecule has 5 nitrogen and oxygen atoms in total. The first-order valence-corrected chi connectivity index (χ1v) is 9.23. The quantitative estimate of drug-likeness (QED) is 0.623. The minimum atomic E-state index is -4.80. The summed E-state index contributed by atoms with van der Waals surface area (Å²) in [4.78, 5) is 0. The van der Waals surface area contributed by atoms with Gasteiger partial charge in [-0.2, -0.15) is 18.3 Å². The van der Waals surface area contributed by atoms with Crippen molar-refractivity contribution in [2.45, 2.75) is 20.0 Å². The Morgan fingerprint density at radius 1 is 1.12 bits per heavy atom. The fourth-order valence-electron chi connectivity index (χ4n) is 2.75. The molecule has 0 N–H and O–H groups in total. The van der Waals surface area contributed by atoms with Gasteiger partial charge in [-0.05, 0) is 25.3 Å². The van der Waals surface area contributed by atoms with Crippen LogP contribution in [0.4, 0.5) is 13.2 Å². The SMILES string of the molecule is CCOP(=O)(OCC)c1c(C(F)(F)F)nn2ccc3ccccc3c12. The molecule has 1 aromatic carbocycles. The molecule has 0 fully saturated rings. The average molecular weight is 372 g/mol. The third kappa shape index (κ3) is 3.05. The summed E-state index contributed by atoms with van der Waals surface area (Å²) in [5.41, 5.74) is -1.18. The highest BCUT2D eigenvalue weighted by Gasteiger charge is 2.46. The van der Waals surface area contributed by atoms with Crippen molar-refractivity contribution in [3.8, 4) is 0 Å². The molecule has 9 heteroatoms. The Labute approximate surface area is 141 Å². The monoisotopic (exact) mass is 372 g/mol. The van der Waals surface area contributed by atoms with Crippen molar-refractivity contribution in [2.24, 2.45) is 0 Å². The predicted octanol–water partition coefficient (Wildman–Crippen LogP) is 4.40. The van der Waals surface area contributed by atoms with Crippen LogP contribution in [0.5, 0.6) is 0 Å². The fourth-order valence-corrected chi connectivity index (χ4v) is 4.68. The molecule has 0 saturated carbocycles. The number of rotatable bonds is 5. The van der Waals surface area contributed by atoms with Crippen molar-refractivity contribution < 1.29 is 26.8 Å². The van der Waals surface area contributed by atoms with Crippen molar-refractivity contribution in [2.75, 3.05) is 13.2 Å². The number of aromatic nitrogens is 2. The average Bonchev–Trinajstić information content (AvgIpc) is 2.96. The Bertz CT molecular complexity index is 958. The van der Waals surface area contributed by atoms with Crippen LogP contribution < -0.4 is 5.30 Å². The largest absolute Gasteiger partial charge is 0.436 e. The summed E-state index contributed by atoms with van der Waals surface area (Å²) in [7, 11) is -4.21. The first-order chi connectivity index (χ1) is 11.8. The zero-order chi connectivity index (χ0) is 18.2. The highest BCUT2D eigenvalue weighted by Crippen LogP contribution is 2.51. The van der Waals surface area contributed by atoms with E-state index in [1.807, 2.05) is 0 Å². The molecule has 25 heavy (non-hydrogen) atoms. The van der Waals surface area contributed by atoms with Gasteiger partial charge in [0.15, 0.2) is 5.69 Å². The third-order valence-corrected chi connectivity index (χ3v) is 5.80. The van der Waals surface area contributed by atoms with Gasteiger partial charge in [0.2, 0.25) is 0 Å². The van der Waals surface area contributed by atoms with E-state index in [0.29, 0.717) is 10.8 Å². The highest BCUT2D eigenvalue weighted by molar-refractivity contribution is 7.62. The van der Waals surface area contributed by atoms with Gasteiger partial charge in [0.05, 0.1) is 18.7 Å². The molecule has 0 aliphatic heterocycles. The van der Waals surface area contributed by atoms with Crippen molar-refractivity contribution >= 4 is 29.2 Å². The lowest BCUT2D eigenvalue weighted by atomic mass is 10.1. The number of nitrogens with zero attached hydrogens (tertiary/aromatic N) is 2. The molecule has 2 heterocycles. The minimum absolute atomic E-state index is 0.0588. The van der Waals surface area contributed by atoms with Gasteiger partial charge in [-0.1, -0.05) is 24.3 Å². The summed E-state index contributed by atoms with van der Waals surface area (Å²) in [6.07, 6.45) is -3.40. The van der Waals surface area contributed by atoms with Gasteiger partial charge in [0, 0.05) is 11.6 Å². The number of fused-ring (bicyclic) bond motifs is 3. The van der Waals surface area contributed by atoms with E-state index in [0.717, 1.165) is 4.52 Å². The minimum Gasteiger partial charge on any atom is -0.305 e. The van der Waals surface area contributed by atoms with Crippen LogP contribution in [0.1, 0.15) is 19.5 Å². The van der Waals surface area contributed by atoms with E-state index in [-0.39, 0.29) is 18.7 Å². The maximum Gasteiger partial charge on any atom is 0.436 e. The van der Waals surface area contributed by atoms with Crippen LogP contribution in [0, 0.1) is 0 Å². The molecular formula is C16H16F3N2O3P. The number of alkyl halides is 3. The molecule has 0 aliphatic carbocycles. The third-order valence-electron chi connectivity index (χ3n) is 3.64. The van der Waals surface area contributed by atoms with Crippen LogP contribution in [-0.4, -0.2) is 22.8 Å². The van der Waals surface area contributed by atoms with Crippen molar-refractivity contribution in [3.05, 3.63) is 42.2 Å². The lowest BCUT2D eigenvalue weighted by Gasteiger charge is -2.18. The summed E-state index contributed by atoms with van der Waals surface area (Å²) < 4.78 is 65.4. The van der Waals surface area contributed by atoms with Crippen LogP contribution >= 0.6 is 7.60 Å². The Balaban J connectivity index is 2.48. The predicted molar refractivity (Wildman–Crippen MR) is 88.2 cm³/mol. The molecule has 134 valence electrons. The Morgan fingerprint density at radius 2 is 1.76 bits per heavy atom. The Kier molecular flexibility index (Phi) is 4.62. The van der Waals surface area contributed by atoms with E-state index in [4.69, 9.17) is 9.05 Å². The lowest BCUT2D eigenvalue weighted by Crippen LogP contribution is -2.21. The zero-order valence-corrected chi connectivity index (χ0v) is 14.5. The van der Waals surface area contributed by atoms with E-state index in [2.05, 4.69) is 5.10 Å². The van der Waals surface area contributed by atoms with Crippen LogP contribution in [0.2, 0.25) is 0 Å². The number of benzene rings is 1. The molecule has 0 radical (unpaired) electrons. The van der Waals surface area contributed by atoms with Crippen LogP contribution in [0.3, 0.4) is 0 Å². The number of halogens is 3. The van der Waals surface area contributed by atoms with Crippen molar-refractivity contribution in [1.29, 1.82) is 0 Å². The molecule has 0 atom stereocenters. The number of hydrogen-bond acceptors (Lipinski definition) is 4. The summed E-state index contributed by atoms with van der Waals surface area (Å²) in [5, 5.41) is 4.27. The lowest BCUT2D eigenvalue weighted by molar-refractivity contribution is -0.140. The van der Waals surface area contributed by atoms with Gasteiger partial charge < -0.3 is 9.05 Å². The second-order valence-corrected chi connectivity index (χ2v) is 7.18. The first-order valence-electron chi connectivity index (χ1n) is 7.68.